The number of aromatic nitrogens is 1. The molecule has 4 heteroatoms. The van der Waals surface area contributed by atoms with E-state index in [-0.39, 0.29) is 5.91 Å². The molecule has 5 rings (SSSR count). The molecule has 0 spiro atoms. The fourth-order valence-corrected chi connectivity index (χ4v) is 5.17. The van der Waals surface area contributed by atoms with Crippen LogP contribution in [-0.2, 0) is 19.4 Å². The van der Waals surface area contributed by atoms with Gasteiger partial charge in [-0.3, -0.25) is 4.79 Å². The van der Waals surface area contributed by atoms with Crippen molar-refractivity contribution in [3.05, 3.63) is 112 Å². The maximum atomic E-state index is 12.7. The molecule has 0 saturated heterocycles. The monoisotopic (exact) mass is 498 g/mol. The number of carbonyl (C=O) groups is 1. The highest BCUT2D eigenvalue weighted by Gasteiger charge is 2.23. The Bertz CT molecular complexity index is 1270. The lowest BCUT2D eigenvalue weighted by atomic mass is 9.89. The van der Waals surface area contributed by atoms with Crippen molar-refractivity contribution in [2.45, 2.75) is 32.7 Å². The number of rotatable bonds is 5. The van der Waals surface area contributed by atoms with Gasteiger partial charge in [0, 0.05) is 28.0 Å². The molecule has 1 amide bonds. The van der Waals surface area contributed by atoms with Crippen LogP contribution >= 0.6 is 15.9 Å². The third kappa shape index (κ3) is 4.67. The smallest absolute Gasteiger partial charge is 0.251 e. The number of carbonyl (C=O) groups excluding carboxylic acids is 1. The van der Waals surface area contributed by atoms with Gasteiger partial charge in [0.1, 0.15) is 0 Å². The first-order valence-corrected chi connectivity index (χ1v) is 12.3. The van der Waals surface area contributed by atoms with Gasteiger partial charge in [0.15, 0.2) is 0 Å². The molecule has 0 fully saturated rings. The summed E-state index contributed by atoms with van der Waals surface area (Å²) in [6, 6.07) is 28.9. The van der Waals surface area contributed by atoms with Crippen molar-refractivity contribution in [3.63, 3.8) is 0 Å². The lowest BCUT2D eigenvalue weighted by molar-refractivity contribution is 0.0951. The molecule has 3 nitrogen and oxygen atoms in total. The van der Waals surface area contributed by atoms with Crippen molar-refractivity contribution in [1.82, 2.24) is 9.88 Å². The van der Waals surface area contributed by atoms with Crippen LogP contribution in [0.2, 0.25) is 0 Å². The Morgan fingerprint density at radius 1 is 1.00 bits per heavy atom. The van der Waals surface area contributed by atoms with Gasteiger partial charge >= 0.3 is 0 Å². The molecule has 0 aliphatic heterocycles. The number of hydrogen-bond donors (Lipinski definition) is 1. The van der Waals surface area contributed by atoms with Gasteiger partial charge in [-0.2, -0.15) is 0 Å². The Morgan fingerprint density at radius 2 is 1.79 bits per heavy atom. The van der Waals surface area contributed by atoms with E-state index in [1.165, 1.54) is 28.9 Å². The fraction of sp³-hybridized carbons (Fsp3) is 0.207. The second-order valence-electron chi connectivity index (χ2n) is 8.91. The molecule has 1 N–H and O–H groups in total. The zero-order valence-electron chi connectivity index (χ0n) is 18.7. The summed E-state index contributed by atoms with van der Waals surface area (Å²) in [5.41, 5.74) is 8.13. The summed E-state index contributed by atoms with van der Waals surface area (Å²) < 4.78 is 3.40. The fourth-order valence-electron chi connectivity index (χ4n) is 4.72. The van der Waals surface area contributed by atoms with Crippen LogP contribution in [0.3, 0.4) is 0 Å². The van der Waals surface area contributed by atoms with Gasteiger partial charge in [-0.25, -0.2) is 0 Å². The molecule has 1 heterocycles. The first kappa shape index (κ1) is 21.7. The summed E-state index contributed by atoms with van der Waals surface area (Å²) in [4.78, 5) is 12.7. The molecule has 1 aromatic heterocycles. The van der Waals surface area contributed by atoms with E-state index in [9.17, 15) is 4.79 Å². The van der Waals surface area contributed by atoms with Crippen molar-refractivity contribution in [2.75, 3.05) is 0 Å². The Balaban J connectivity index is 1.42. The summed E-state index contributed by atoms with van der Waals surface area (Å²) >= 11 is 3.48. The normalized spacial score (nSPS) is 15.2. The second-order valence-corrected chi connectivity index (χ2v) is 9.83. The second kappa shape index (κ2) is 9.40. The summed E-state index contributed by atoms with van der Waals surface area (Å²) in [5.74, 6) is 0.654. The minimum Gasteiger partial charge on any atom is -0.348 e. The zero-order valence-corrected chi connectivity index (χ0v) is 20.3. The Morgan fingerprint density at radius 3 is 2.55 bits per heavy atom. The summed E-state index contributed by atoms with van der Waals surface area (Å²) in [7, 11) is 0. The lowest BCUT2D eigenvalue weighted by Gasteiger charge is -2.21. The Hall–Kier alpha value is -3.11. The molecule has 1 aliphatic rings. The van der Waals surface area contributed by atoms with Crippen LogP contribution < -0.4 is 5.32 Å². The van der Waals surface area contributed by atoms with Crippen LogP contribution in [-0.4, -0.2) is 10.5 Å². The third-order valence-electron chi connectivity index (χ3n) is 6.43. The predicted molar refractivity (Wildman–Crippen MR) is 138 cm³/mol. The van der Waals surface area contributed by atoms with Crippen molar-refractivity contribution in [3.8, 4) is 16.9 Å². The van der Waals surface area contributed by atoms with Crippen molar-refractivity contribution < 1.29 is 4.79 Å². The van der Waals surface area contributed by atoms with E-state index < -0.39 is 0 Å². The van der Waals surface area contributed by atoms with E-state index in [1.807, 2.05) is 36.4 Å². The molecule has 0 bridgehead atoms. The topological polar surface area (TPSA) is 34.0 Å². The van der Waals surface area contributed by atoms with E-state index >= 15 is 0 Å². The molecule has 0 saturated carbocycles. The van der Waals surface area contributed by atoms with E-state index in [1.54, 1.807) is 0 Å². The van der Waals surface area contributed by atoms with Crippen LogP contribution in [0.1, 0.15) is 40.5 Å². The zero-order chi connectivity index (χ0) is 22.8. The van der Waals surface area contributed by atoms with E-state index in [4.69, 9.17) is 0 Å². The Kier molecular flexibility index (Phi) is 6.19. The number of nitrogens with one attached hydrogen (secondary N) is 1. The molecule has 33 heavy (non-hydrogen) atoms. The minimum absolute atomic E-state index is 0.0619. The van der Waals surface area contributed by atoms with Crippen LogP contribution in [0.5, 0.6) is 0 Å². The van der Waals surface area contributed by atoms with Crippen LogP contribution in [0.25, 0.3) is 16.9 Å². The van der Waals surface area contributed by atoms with Crippen LogP contribution in [0, 0.1) is 5.92 Å². The molecule has 3 aromatic carbocycles. The first-order chi connectivity index (χ1) is 16.1. The first-order valence-electron chi connectivity index (χ1n) is 11.5. The van der Waals surface area contributed by atoms with Gasteiger partial charge in [0.05, 0.1) is 5.69 Å². The number of amides is 1. The molecule has 1 aliphatic carbocycles. The van der Waals surface area contributed by atoms with Gasteiger partial charge in [-0.1, -0.05) is 65.3 Å². The van der Waals surface area contributed by atoms with Gasteiger partial charge in [0.2, 0.25) is 0 Å². The maximum absolute atomic E-state index is 12.7. The highest BCUT2D eigenvalue weighted by Crippen LogP contribution is 2.35. The molecule has 0 unspecified atom stereocenters. The predicted octanol–water partition coefficient (Wildman–Crippen LogP) is 6.96. The van der Waals surface area contributed by atoms with E-state index in [2.05, 4.69) is 81.3 Å². The van der Waals surface area contributed by atoms with Gasteiger partial charge in [-0.15, -0.1) is 0 Å². The van der Waals surface area contributed by atoms with Gasteiger partial charge < -0.3 is 9.88 Å². The van der Waals surface area contributed by atoms with Crippen molar-refractivity contribution in [2.24, 2.45) is 5.92 Å². The molecular formula is C29H27BrN2O. The Labute approximate surface area is 203 Å². The van der Waals surface area contributed by atoms with Crippen LogP contribution in [0.15, 0.2) is 89.4 Å². The molecule has 166 valence electrons. The standard InChI is InChI=1S/C29H27BrN2O/c1-20-10-15-27-24(16-20)18-28(22-7-3-2-4-8-22)32(27)26-13-11-23(12-14-26)29(33)31-19-21-6-5-9-25(30)17-21/h2-9,11-14,17-18,20H,10,15-16,19H2,1H3,(H,31,33)/t20-/m0/s1. The number of benzene rings is 3. The maximum Gasteiger partial charge on any atom is 0.251 e. The molecular weight excluding hydrogens is 472 g/mol. The summed E-state index contributed by atoms with van der Waals surface area (Å²) in [5, 5.41) is 3.02. The lowest BCUT2D eigenvalue weighted by Crippen LogP contribution is -2.22. The van der Waals surface area contributed by atoms with E-state index in [0.29, 0.717) is 18.0 Å². The molecule has 4 aromatic rings. The highest BCUT2D eigenvalue weighted by atomic mass is 79.9. The quantitative estimate of drug-likeness (QED) is 0.317. The SMILES string of the molecule is C[C@H]1CCc2c(cc(-c3ccccc3)n2-c2ccc(C(=O)NCc3cccc(Br)c3)cc2)C1. The minimum atomic E-state index is -0.0619. The van der Waals surface area contributed by atoms with Crippen molar-refractivity contribution >= 4 is 21.8 Å². The van der Waals surface area contributed by atoms with Crippen molar-refractivity contribution in [1.29, 1.82) is 0 Å². The third-order valence-corrected chi connectivity index (χ3v) is 6.93. The highest BCUT2D eigenvalue weighted by molar-refractivity contribution is 9.10. The average Bonchev–Trinajstić information content (AvgIpc) is 3.22. The number of halogens is 1. The summed E-state index contributed by atoms with van der Waals surface area (Å²) in [6.07, 6.45) is 3.41. The largest absolute Gasteiger partial charge is 0.348 e. The summed E-state index contributed by atoms with van der Waals surface area (Å²) in [6.45, 7) is 2.84. The van der Waals surface area contributed by atoms with Crippen LogP contribution in [0.4, 0.5) is 0 Å². The molecule has 1 atom stereocenters. The molecule has 0 radical (unpaired) electrons. The number of fused-ring (bicyclic) bond motifs is 1. The van der Waals surface area contributed by atoms with Gasteiger partial charge in [-0.05, 0) is 84.3 Å². The number of nitrogens with zero attached hydrogens (tertiary/aromatic N) is 1. The number of hydrogen-bond acceptors (Lipinski definition) is 1. The van der Waals surface area contributed by atoms with Gasteiger partial charge in [0.25, 0.3) is 5.91 Å². The van der Waals surface area contributed by atoms with E-state index in [0.717, 1.165) is 28.6 Å². The average molecular weight is 499 g/mol.